The number of rotatable bonds is 10. The van der Waals surface area contributed by atoms with Crippen LogP contribution in [0, 0.1) is 24.2 Å². The summed E-state index contributed by atoms with van der Waals surface area (Å²) in [5.74, 6) is 5.83. The fourth-order valence-electron chi connectivity index (χ4n) is 3.90. The highest BCUT2D eigenvalue weighted by Gasteiger charge is 2.26. The molecule has 0 aliphatic heterocycles. The second-order valence-corrected chi connectivity index (χ2v) is 11.9. The lowest BCUT2D eigenvalue weighted by Gasteiger charge is -2.29. The molecule has 3 amide bonds. The number of carbonyl (C=O) groups excluding carboxylic acids is 2. The van der Waals surface area contributed by atoms with E-state index in [1.165, 1.54) is 23.2 Å². The number of nitrogens with one attached hydrogen (secondary N) is 1. The van der Waals surface area contributed by atoms with Crippen molar-refractivity contribution in [3.8, 4) is 0 Å². The Bertz CT molecular complexity index is 1150. The molecule has 0 saturated carbocycles. The fourth-order valence-corrected chi connectivity index (χ4v) is 4.38. The average Bonchev–Trinajstić information content (AvgIpc) is 2.85. The van der Waals surface area contributed by atoms with Gasteiger partial charge in [-0.05, 0) is 61.1 Å². The van der Waals surface area contributed by atoms with Crippen molar-refractivity contribution >= 4 is 28.1 Å². The van der Waals surface area contributed by atoms with E-state index in [0.29, 0.717) is 23.3 Å². The molecule has 10 heteroatoms. The van der Waals surface area contributed by atoms with Gasteiger partial charge in [0.05, 0.1) is 4.90 Å². The summed E-state index contributed by atoms with van der Waals surface area (Å²) in [5, 5.41) is 8.97. The van der Waals surface area contributed by atoms with Crippen LogP contribution in [0.2, 0.25) is 0 Å². The maximum Gasteiger partial charge on any atom is 0.362 e. The van der Waals surface area contributed by atoms with Crippen LogP contribution in [0.25, 0.3) is 6.08 Å². The van der Waals surface area contributed by atoms with Crippen molar-refractivity contribution in [2.75, 3.05) is 0 Å². The van der Waals surface area contributed by atoms with E-state index in [2.05, 4.69) is 52.0 Å². The molecule has 38 heavy (non-hydrogen) atoms. The van der Waals surface area contributed by atoms with E-state index in [4.69, 9.17) is 15.6 Å². The minimum absolute atomic E-state index is 0.0666. The smallest absolute Gasteiger partial charge is 0.287 e. The van der Waals surface area contributed by atoms with Crippen LogP contribution in [-0.2, 0) is 14.9 Å². The zero-order valence-electron chi connectivity index (χ0n) is 22.8. The van der Waals surface area contributed by atoms with Gasteiger partial charge in [-0.1, -0.05) is 87.9 Å². The van der Waals surface area contributed by atoms with Crippen LogP contribution in [0.3, 0.4) is 0 Å². The largest absolute Gasteiger partial charge is 0.362 e. The topological polar surface area (TPSA) is 150 Å². The van der Waals surface area contributed by atoms with E-state index in [1.54, 1.807) is 12.1 Å². The Morgan fingerprint density at radius 2 is 1.66 bits per heavy atom. The Kier molecular flexibility index (Phi) is 13.4. The standard InChI is InChI=1S/C21H33N3O3.C7H8O3S/c1-16(2)14-18(11-10-17-8-6-5-7-9-17)15-21(3,4)13-12-19(25)24(22)20(26)23-27;1-6-2-4-7(5-3-6)11(8,9)10/h5-11,16,18,27H,12-15,22H2,1-4H3,(H,23,26);2-5H,1H3,(H,8,9,10)/t18-;/m0./s1. The molecule has 0 radical (unpaired) electrons. The van der Waals surface area contributed by atoms with Gasteiger partial charge < -0.3 is 0 Å². The molecule has 2 rings (SSSR count). The molecule has 0 aliphatic carbocycles. The van der Waals surface area contributed by atoms with Gasteiger partial charge in [-0.15, -0.1) is 0 Å². The van der Waals surface area contributed by atoms with Crippen LogP contribution in [-0.4, -0.2) is 35.1 Å². The lowest BCUT2D eigenvalue weighted by Crippen LogP contribution is -2.47. The van der Waals surface area contributed by atoms with Crippen LogP contribution in [0.4, 0.5) is 4.79 Å². The molecule has 2 aromatic carbocycles. The molecule has 0 fully saturated rings. The van der Waals surface area contributed by atoms with E-state index >= 15 is 0 Å². The molecule has 0 saturated heterocycles. The van der Waals surface area contributed by atoms with Crippen LogP contribution in [0.5, 0.6) is 0 Å². The molecular weight excluding hydrogens is 506 g/mol. The van der Waals surface area contributed by atoms with E-state index in [0.717, 1.165) is 18.4 Å². The molecule has 0 bridgehead atoms. The highest BCUT2D eigenvalue weighted by atomic mass is 32.2. The van der Waals surface area contributed by atoms with Crippen molar-refractivity contribution in [2.45, 2.75) is 65.2 Å². The summed E-state index contributed by atoms with van der Waals surface area (Å²) >= 11 is 0. The third kappa shape index (κ3) is 13.0. The van der Waals surface area contributed by atoms with Crippen molar-refractivity contribution in [1.29, 1.82) is 0 Å². The molecule has 5 N–H and O–H groups in total. The van der Waals surface area contributed by atoms with Gasteiger partial charge in [0.25, 0.3) is 10.1 Å². The first-order valence-corrected chi connectivity index (χ1v) is 13.9. The maximum atomic E-state index is 12.0. The Morgan fingerprint density at radius 1 is 1.08 bits per heavy atom. The average molecular weight is 548 g/mol. The predicted octanol–water partition coefficient (Wildman–Crippen LogP) is 5.60. The molecule has 0 aliphatic rings. The summed E-state index contributed by atoms with van der Waals surface area (Å²) in [7, 11) is -4.02. The monoisotopic (exact) mass is 547 g/mol. The molecule has 2 aromatic rings. The summed E-state index contributed by atoms with van der Waals surface area (Å²) in [6.45, 7) is 10.5. The number of hydrazine groups is 1. The number of hydrogen-bond acceptors (Lipinski definition) is 6. The number of urea groups is 1. The number of nitrogens with zero attached hydrogens (tertiary/aromatic N) is 1. The highest BCUT2D eigenvalue weighted by molar-refractivity contribution is 7.85. The van der Waals surface area contributed by atoms with Crippen LogP contribution >= 0.6 is 0 Å². The lowest BCUT2D eigenvalue weighted by molar-refractivity contribution is -0.129. The summed E-state index contributed by atoms with van der Waals surface area (Å²) in [4.78, 5) is 23.1. The minimum atomic E-state index is -4.02. The second kappa shape index (κ2) is 15.4. The van der Waals surface area contributed by atoms with Crippen LogP contribution < -0.4 is 11.3 Å². The van der Waals surface area contributed by atoms with Gasteiger partial charge in [-0.3, -0.25) is 14.6 Å². The Hall–Kier alpha value is -3.05. The zero-order valence-corrected chi connectivity index (χ0v) is 23.6. The van der Waals surface area contributed by atoms with Crippen molar-refractivity contribution < 1.29 is 27.8 Å². The Morgan fingerprint density at radius 3 is 2.16 bits per heavy atom. The first-order valence-electron chi connectivity index (χ1n) is 12.4. The van der Waals surface area contributed by atoms with Crippen molar-refractivity contribution in [1.82, 2.24) is 10.5 Å². The number of carbonyl (C=O) groups is 2. The molecule has 0 spiro atoms. The Balaban J connectivity index is 0.000000544. The quantitative estimate of drug-likeness (QED) is 0.0993. The first-order chi connectivity index (χ1) is 17.6. The predicted molar refractivity (Wildman–Crippen MR) is 148 cm³/mol. The van der Waals surface area contributed by atoms with E-state index in [-0.39, 0.29) is 16.7 Å². The number of amides is 3. The normalized spacial score (nSPS) is 12.6. The molecular formula is C28H41N3O6S. The van der Waals surface area contributed by atoms with Gasteiger partial charge in [0.1, 0.15) is 0 Å². The zero-order chi connectivity index (χ0) is 28.9. The molecule has 1 atom stereocenters. The number of benzene rings is 2. The number of hydrogen-bond donors (Lipinski definition) is 4. The lowest BCUT2D eigenvalue weighted by atomic mass is 9.76. The van der Waals surface area contributed by atoms with Gasteiger partial charge in [-0.25, -0.2) is 16.1 Å². The van der Waals surface area contributed by atoms with E-state index in [9.17, 15) is 18.0 Å². The van der Waals surface area contributed by atoms with Crippen molar-refractivity contribution in [2.24, 2.45) is 23.1 Å². The molecule has 0 aromatic heterocycles. The number of allylic oxidation sites excluding steroid dienone is 1. The maximum absolute atomic E-state index is 12.0. The summed E-state index contributed by atoms with van der Waals surface area (Å²) in [5.41, 5.74) is 3.40. The number of imide groups is 1. The highest BCUT2D eigenvalue weighted by Crippen LogP contribution is 2.34. The number of hydroxylamine groups is 1. The molecule has 9 nitrogen and oxygen atoms in total. The molecule has 0 unspecified atom stereocenters. The minimum Gasteiger partial charge on any atom is -0.287 e. The second-order valence-electron chi connectivity index (χ2n) is 10.5. The van der Waals surface area contributed by atoms with Gasteiger partial charge in [-0.2, -0.15) is 13.4 Å². The Labute approximate surface area is 226 Å². The van der Waals surface area contributed by atoms with Crippen LogP contribution in [0.1, 0.15) is 64.5 Å². The van der Waals surface area contributed by atoms with E-state index < -0.39 is 22.1 Å². The first kappa shape index (κ1) is 33.0. The number of aryl methyl sites for hydroxylation is 1. The summed E-state index contributed by atoms with van der Waals surface area (Å²) < 4.78 is 29.6. The fraction of sp³-hybridized carbons (Fsp3) is 0.429. The van der Waals surface area contributed by atoms with Gasteiger partial charge >= 0.3 is 6.03 Å². The van der Waals surface area contributed by atoms with Crippen molar-refractivity contribution in [3.63, 3.8) is 0 Å². The molecule has 210 valence electrons. The van der Waals surface area contributed by atoms with E-state index in [1.807, 2.05) is 25.1 Å². The van der Waals surface area contributed by atoms with Gasteiger partial charge in [0.2, 0.25) is 5.91 Å². The SMILES string of the molecule is CC(C)C[C@H](C=Cc1ccccc1)CC(C)(C)CCC(=O)N(N)C(=O)NO.Cc1ccc(S(=O)(=O)O)cc1. The van der Waals surface area contributed by atoms with Gasteiger partial charge in [0.15, 0.2) is 0 Å². The molecule has 0 heterocycles. The number of nitrogens with two attached hydrogens (primary N) is 1. The third-order valence-corrected chi connectivity index (χ3v) is 6.73. The summed E-state index contributed by atoms with van der Waals surface area (Å²) in [6, 6.07) is 15.2. The van der Waals surface area contributed by atoms with Crippen molar-refractivity contribution in [3.05, 3.63) is 71.8 Å². The summed E-state index contributed by atoms with van der Waals surface area (Å²) in [6.07, 6.45) is 7.16. The van der Waals surface area contributed by atoms with Crippen LogP contribution in [0.15, 0.2) is 65.6 Å². The van der Waals surface area contributed by atoms with Gasteiger partial charge in [0, 0.05) is 6.42 Å². The third-order valence-electron chi connectivity index (χ3n) is 5.87.